The molecule has 4 rings (SSSR count). The number of nitrogens with one attached hydrogen (secondary N) is 1. The average Bonchev–Trinajstić information content (AvgIpc) is 2.81. The van der Waals surface area contributed by atoms with Crippen LogP contribution in [-0.4, -0.2) is 15.9 Å². The lowest BCUT2D eigenvalue weighted by Crippen LogP contribution is -2.29. The van der Waals surface area contributed by atoms with Crippen LogP contribution in [0.5, 0.6) is 0 Å². The van der Waals surface area contributed by atoms with Gasteiger partial charge in [-0.25, -0.2) is 4.39 Å². The third-order valence-electron chi connectivity index (χ3n) is 5.98. The monoisotopic (exact) mass is 457 g/mol. The number of fused-ring (bicyclic) bond motifs is 1. The number of rotatable bonds is 5. The van der Waals surface area contributed by atoms with Gasteiger partial charge in [0.2, 0.25) is 0 Å². The molecule has 8 heteroatoms. The SMILES string of the molecule is CCC(NC(=O)c1ccc(F)cc1)c1ccc2c(n1)CCCC2c1cncc(C(F)(F)F)c1. The highest BCUT2D eigenvalue weighted by Gasteiger charge is 2.32. The summed E-state index contributed by atoms with van der Waals surface area (Å²) >= 11 is 0. The Morgan fingerprint density at radius 2 is 1.91 bits per heavy atom. The molecular formula is C25H23F4N3O. The van der Waals surface area contributed by atoms with Gasteiger partial charge in [-0.05, 0) is 73.2 Å². The molecule has 0 saturated carbocycles. The van der Waals surface area contributed by atoms with E-state index in [1.807, 2.05) is 19.1 Å². The zero-order chi connectivity index (χ0) is 23.6. The number of alkyl halides is 3. The third kappa shape index (κ3) is 5.05. The molecule has 3 aromatic rings. The van der Waals surface area contributed by atoms with Gasteiger partial charge in [-0.15, -0.1) is 0 Å². The second kappa shape index (κ2) is 9.29. The van der Waals surface area contributed by atoms with Crippen LogP contribution in [0, 0.1) is 5.82 Å². The molecule has 1 aliphatic rings. The zero-order valence-electron chi connectivity index (χ0n) is 18.0. The van der Waals surface area contributed by atoms with Gasteiger partial charge in [0.25, 0.3) is 5.91 Å². The van der Waals surface area contributed by atoms with Gasteiger partial charge in [0.05, 0.1) is 17.3 Å². The van der Waals surface area contributed by atoms with Crippen LogP contribution in [0.2, 0.25) is 0 Å². The van der Waals surface area contributed by atoms with E-state index in [0.29, 0.717) is 29.7 Å². The van der Waals surface area contributed by atoms with E-state index in [-0.39, 0.29) is 17.9 Å². The van der Waals surface area contributed by atoms with E-state index in [9.17, 15) is 22.4 Å². The molecule has 2 atom stereocenters. The number of aryl methyl sites for hydroxylation is 1. The number of carbonyl (C=O) groups is 1. The van der Waals surface area contributed by atoms with Gasteiger partial charge in [0, 0.05) is 29.6 Å². The predicted octanol–water partition coefficient (Wildman–Crippen LogP) is 5.98. The molecule has 0 radical (unpaired) electrons. The standard InChI is InChI=1S/C25H23F4N3O/c1-2-21(32-24(33)15-6-8-18(26)9-7-15)23-11-10-20-19(4-3-5-22(20)31-23)16-12-17(14-30-13-16)25(27,28)29/h6-14,19,21H,2-5H2,1H3,(H,32,33). The molecule has 2 unspecified atom stereocenters. The van der Waals surface area contributed by atoms with Gasteiger partial charge in [-0.1, -0.05) is 13.0 Å². The molecule has 0 saturated heterocycles. The lowest BCUT2D eigenvalue weighted by atomic mass is 9.81. The summed E-state index contributed by atoms with van der Waals surface area (Å²) < 4.78 is 52.6. The van der Waals surface area contributed by atoms with Crippen molar-refractivity contribution in [3.63, 3.8) is 0 Å². The van der Waals surface area contributed by atoms with Crippen molar-refractivity contribution in [2.75, 3.05) is 0 Å². The third-order valence-corrected chi connectivity index (χ3v) is 5.98. The summed E-state index contributed by atoms with van der Waals surface area (Å²) in [5.74, 6) is -0.950. The second-order valence-electron chi connectivity index (χ2n) is 8.16. The molecule has 33 heavy (non-hydrogen) atoms. The lowest BCUT2D eigenvalue weighted by molar-refractivity contribution is -0.137. The van der Waals surface area contributed by atoms with Crippen LogP contribution in [-0.2, 0) is 12.6 Å². The van der Waals surface area contributed by atoms with Gasteiger partial charge in [0.15, 0.2) is 0 Å². The summed E-state index contributed by atoms with van der Waals surface area (Å²) in [7, 11) is 0. The second-order valence-corrected chi connectivity index (χ2v) is 8.16. The maximum atomic E-state index is 13.2. The Bertz CT molecular complexity index is 1150. The Morgan fingerprint density at radius 1 is 1.15 bits per heavy atom. The van der Waals surface area contributed by atoms with Gasteiger partial charge in [-0.2, -0.15) is 13.2 Å². The van der Waals surface area contributed by atoms with Gasteiger partial charge in [-0.3, -0.25) is 14.8 Å². The molecule has 1 aromatic carbocycles. The molecule has 1 amide bonds. The van der Waals surface area contributed by atoms with Gasteiger partial charge in [0.1, 0.15) is 5.82 Å². The molecule has 172 valence electrons. The fourth-order valence-corrected chi connectivity index (χ4v) is 4.25. The van der Waals surface area contributed by atoms with Crippen molar-refractivity contribution in [1.82, 2.24) is 15.3 Å². The van der Waals surface area contributed by atoms with Crippen molar-refractivity contribution in [3.05, 3.63) is 94.3 Å². The Morgan fingerprint density at radius 3 is 2.61 bits per heavy atom. The van der Waals surface area contributed by atoms with Crippen molar-refractivity contribution >= 4 is 5.91 Å². The molecule has 4 nitrogen and oxygen atoms in total. The lowest BCUT2D eigenvalue weighted by Gasteiger charge is -2.27. The Balaban J connectivity index is 1.58. The molecule has 2 heterocycles. The van der Waals surface area contributed by atoms with E-state index >= 15 is 0 Å². The van der Waals surface area contributed by atoms with Gasteiger partial charge >= 0.3 is 6.18 Å². The van der Waals surface area contributed by atoms with Crippen LogP contribution in [0.1, 0.15) is 76.6 Å². The predicted molar refractivity (Wildman–Crippen MR) is 115 cm³/mol. The van der Waals surface area contributed by atoms with E-state index < -0.39 is 17.6 Å². The van der Waals surface area contributed by atoms with E-state index in [2.05, 4.69) is 10.3 Å². The highest BCUT2D eigenvalue weighted by Crippen LogP contribution is 2.38. The van der Waals surface area contributed by atoms with Crippen molar-refractivity contribution in [2.45, 2.75) is 50.7 Å². The number of hydrogen-bond acceptors (Lipinski definition) is 3. The smallest absolute Gasteiger partial charge is 0.344 e. The number of hydrogen-bond donors (Lipinski definition) is 1. The first-order valence-corrected chi connectivity index (χ1v) is 10.8. The number of aromatic nitrogens is 2. The maximum absolute atomic E-state index is 13.2. The van der Waals surface area contributed by atoms with Crippen molar-refractivity contribution in [2.24, 2.45) is 0 Å². The first-order valence-electron chi connectivity index (χ1n) is 10.8. The highest BCUT2D eigenvalue weighted by molar-refractivity contribution is 5.94. The van der Waals surface area contributed by atoms with Crippen molar-refractivity contribution in [3.8, 4) is 0 Å². The van der Waals surface area contributed by atoms with Crippen LogP contribution in [0.25, 0.3) is 0 Å². The molecule has 0 aliphatic heterocycles. The Kier molecular flexibility index (Phi) is 6.44. The number of halogens is 4. The maximum Gasteiger partial charge on any atom is 0.417 e. The average molecular weight is 457 g/mol. The molecule has 2 aromatic heterocycles. The molecule has 1 aliphatic carbocycles. The van der Waals surface area contributed by atoms with Crippen LogP contribution < -0.4 is 5.32 Å². The van der Waals surface area contributed by atoms with Crippen LogP contribution >= 0.6 is 0 Å². The molecule has 0 spiro atoms. The van der Waals surface area contributed by atoms with Crippen molar-refractivity contribution in [1.29, 1.82) is 0 Å². The quantitative estimate of drug-likeness (QED) is 0.480. The number of pyridine rings is 2. The summed E-state index contributed by atoms with van der Waals surface area (Å²) in [6.07, 6.45) is 0.706. The number of carbonyl (C=O) groups excluding carboxylic acids is 1. The summed E-state index contributed by atoms with van der Waals surface area (Å²) in [5.41, 5.74) is 2.53. The first-order chi connectivity index (χ1) is 15.8. The van der Waals surface area contributed by atoms with Crippen LogP contribution in [0.15, 0.2) is 54.9 Å². The fraction of sp³-hybridized carbons (Fsp3) is 0.320. The summed E-state index contributed by atoms with van der Waals surface area (Å²) in [6, 6.07) is 9.84. The Labute approximate surface area is 189 Å². The molecule has 0 fully saturated rings. The summed E-state index contributed by atoms with van der Waals surface area (Å²) in [5, 5.41) is 2.93. The molecular weight excluding hydrogens is 434 g/mol. The summed E-state index contributed by atoms with van der Waals surface area (Å²) in [4.78, 5) is 21.2. The minimum atomic E-state index is -4.44. The number of nitrogens with zero attached hydrogens (tertiary/aromatic N) is 2. The largest absolute Gasteiger partial charge is 0.417 e. The zero-order valence-corrected chi connectivity index (χ0v) is 18.0. The minimum Gasteiger partial charge on any atom is -0.344 e. The summed E-state index contributed by atoms with van der Waals surface area (Å²) in [6.45, 7) is 1.92. The van der Waals surface area contributed by atoms with Gasteiger partial charge < -0.3 is 5.32 Å². The molecule has 0 bridgehead atoms. The Hall–Kier alpha value is -3.29. The van der Waals surface area contributed by atoms with E-state index in [0.717, 1.165) is 30.3 Å². The number of benzene rings is 1. The van der Waals surface area contributed by atoms with Crippen LogP contribution in [0.4, 0.5) is 17.6 Å². The normalized spacial score (nSPS) is 16.7. The highest BCUT2D eigenvalue weighted by atomic mass is 19.4. The van der Waals surface area contributed by atoms with E-state index in [1.54, 1.807) is 0 Å². The van der Waals surface area contributed by atoms with Crippen molar-refractivity contribution < 1.29 is 22.4 Å². The number of amides is 1. The topological polar surface area (TPSA) is 54.9 Å². The van der Waals surface area contributed by atoms with E-state index in [1.165, 1.54) is 36.5 Å². The molecule has 1 N–H and O–H groups in total. The fourth-order valence-electron chi connectivity index (χ4n) is 4.25. The first kappa shape index (κ1) is 22.9. The van der Waals surface area contributed by atoms with Crippen LogP contribution in [0.3, 0.4) is 0 Å². The minimum absolute atomic E-state index is 0.209. The van der Waals surface area contributed by atoms with E-state index in [4.69, 9.17) is 4.98 Å².